The van der Waals surface area contributed by atoms with E-state index < -0.39 is 0 Å². The van der Waals surface area contributed by atoms with Crippen molar-refractivity contribution in [1.29, 1.82) is 0 Å². The second-order valence-electron chi connectivity index (χ2n) is 4.10. The van der Waals surface area contributed by atoms with Gasteiger partial charge in [-0.1, -0.05) is 28.1 Å². The number of anilines is 1. The number of rotatable bonds is 3. The molecule has 0 saturated carbocycles. The van der Waals surface area contributed by atoms with Crippen molar-refractivity contribution in [2.45, 2.75) is 13.5 Å². The molecule has 0 aliphatic rings. The number of aromatic hydroxyl groups is 1. The van der Waals surface area contributed by atoms with Gasteiger partial charge in [0.15, 0.2) is 0 Å². The van der Waals surface area contributed by atoms with E-state index in [1.807, 2.05) is 13.0 Å². The molecule has 2 nitrogen and oxygen atoms in total. The summed E-state index contributed by atoms with van der Waals surface area (Å²) in [6, 6.07) is 9.79. The lowest BCUT2D eigenvalue weighted by Crippen LogP contribution is -2.00. The van der Waals surface area contributed by atoms with E-state index in [0.717, 1.165) is 15.6 Å². The molecule has 0 aliphatic heterocycles. The Kier molecular flexibility index (Phi) is 3.87. The van der Waals surface area contributed by atoms with Crippen LogP contribution in [0.15, 0.2) is 40.9 Å². The van der Waals surface area contributed by atoms with Crippen LogP contribution in [0.25, 0.3) is 0 Å². The van der Waals surface area contributed by atoms with E-state index in [1.165, 1.54) is 12.1 Å². The quantitative estimate of drug-likeness (QED) is 0.832. The summed E-state index contributed by atoms with van der Waals surface area (Å²) in [5, 5.41) is 12.9. The van der Waals surface area contributed by atoms with Crippen LogP contribution in [0, 0.1) is 12.7 Å². The summed E-state index contributed by atoms with van der Waals surface area (Å²) in [5.41, 5.74) is 2.66. The molecule has 0 fully saturated rings. The molecule has 0 atom stereocenters. The molecule has 2 aromatic rings. The van der Waals surface area contributed by atoms with Gasteiger partial charge in [0.1, 0.15) is 11.6 Å². The van der Waals surface area contributed by atoms with Crippen LogP contribution in [-0.2, 0) is 6.54 Å². The zero-order chi connectivity index (χ0) is 13.1. The number of hydrogen-bond donors (Lipinski definition) is 2. The topological polar surface area (TPSA) is 32.3 Å². The Morgan fingerprint density at radius 2 is 1.89 bits per heavy atom. The van der Waals surface area contributed by atoms with Crippen LogP contribution in [-0.4, -0.2) is 5.11 Å². The highest BCUT2D eigenvalue weighted by Crippen LogP contribution is 2.30. The Morgan fingerprint density at radius 3 is 2.56 bits per heavy atom. The average Bonchev–Trinajstić information content (AvgIpc) is 2.34. The predicted octanol–water partition coefficient (Wildman–Crippen LogP) is 4.21. The second-order valence-corrected chi connectivity index (χ2v) is 4.95. The molecular weight excluding hydrogens is 297 g/mol. The van der Waals surface area contributed by atoms with Gasteiger partial charge in [-0.3, -0.25) is 0 Å². The van der Waals surface area contributed by atoms with Crippen molar-refractivity contribution in [3.05, 3.63) is 57.8 Å². The maximum atomic E-state index is 12.7. The molecule has 18 heavy (non-hydrogen) atoms. The van der Waals surface area contributed by atoms with Gasteiger partial charge in [0.05, 0.1) is 5.69 Å². The Hall–Kier alpha value is -1.55. The SMILES string of the molecule is Cc1cc(NCc2ccc(F)cc2)c(O)cc1Br. The molecule has 0 bridgehead atoms. The first-order valence-corrected chi connectivity index (χ1v) is 6.33. The number of nitrogens with one attached hydrogen (secondary N) is 1. The number of phenols is 1. The van der Waals surface area contributed by atoms with Crippen molar-refractivity contribution in [2.75, 3.05) is 5.32 Å². The molecule has 0 aliphatic carbocycles. The van der Waals surface area contributed by atoms with E-state index in [-0.39, 0.29) is 11.6 Å². The summed E-state index contributed by atoms with van der Waals surface area (Å²) in [6.45, 7) is 2.49. The molecule has 0 unspecified atom stereocenters. The third kappa shape index (κ3) is 3.01. The maximum Gasteiger partial charge on any atom is 0.139 e. The lowest BCUT2D eigenvalue weighted by Gasteiger charge is -2.10. The van der Waals surface area contributed by atoms with Gasteiger partial charge in [0, 0.05) is 11.0 Å². The van der Waals surface area contributed by atoms with Gasteiger partial charge in [-0.2, -0.15) is 0 Å². The lowest BCUT2D eigenvalue weighted by atomic mass is 10.2. The number of aryl methyl sites for hydroxylation is 1. The number of phenolic OH excluding ortho intramolecular Hbond substituents is 1. The fourth-order valence-electron chi connectivity index (χ4n) is 1.61. The van der Waals surface area contributed by atoms with Crippen LogP contribution in [0.4, 0.5) is 10.1 Å². The average molecular weight is 310 g/mol. The molecule has 2 aromatic carbocycles. The summed E-state index contributed by atoms with van der Waals surface area (Å²) < 4.78 is 13.6. The van der Waals surface area contributed by atoms with E-state index in [4.69, 9.17) is 0 Å². The first kappa shape index (κ1) is 12.9. The third-order valence-electron chi connectivity index (χ3n) is 2.67. The van der Waals surface area contributed by atoms with Crippen LogP contribution in [0.3, 0.4) is 0 Å². The first-order chi connectivity index (χ1) is 8.56. The number of benzene rings is 2. The van der Waals surface area contributed by atoms with E-state index in [9.17, 15) is 9.50 Å². The molecule has 0 radical (unpaired) electrons. The molecule has 0 aromatic heterocycles. The van der Waals surface area contributed by atoms with Crippen molar-refractivity contribution in [3.8, 4) is 5.75 Å². The summed E-state index contributed by atoms with van der Waals surface area (Å²) in [5.74, 6) is -0.0596. The molecule has 4 heteroatoms. The highest BCUT2D eigenvalue weighted by Gasteiger charge is 2.04. The zero-order valence-electron chi connectivity index (χ0n) is 9.87. The van der Waals surface area contributed by atoms with Crippen molar-refractivity contribution in [1.82, 2.24) is 0 Å². The Labute approximate surface area is 114 Å². The molecule has 2 rings (SSSR count). The summed E-state index contributed by atoms with van der Waals surface area (Å²) in [6.07, 6.45) is 0. The molecule has 0 heterocycles. The van der Waals surface area contributed by atoms with Crippen molar-refractivity contribution in [2.24, 2.45) is 0 Å². The molecular formula is C14H13BrFNO. The third-order valence-corrected chi connectivity index (χ3v) is 3.53. The van der Waals surface area contributed by atoms with Crippen LogP contribution < -0.4 is 5.32 Å². The van der Waals surface area contributed by atoms with Crippen LogP contribution in [0.5, 0.6) is 5.75 Å². The van der Waals surface area contributed by atoms with Gasteiger partial charge in [-0.15, -0.1) is 0 Å². The predicted molar refractivity (Wildman–Crippen MR) is 74.3 cm³/mol. The first-order valence-electron chi connectivity index (χ1n) is 5.53. The Bertz CT molecular complexity index is 554. The minimum absolute atomic E-state index is 0.189. The Balaban J connectivity index is 2.10. The summed E-state index contributed by atoms with van der Waals surface area (Å²) in [4.78, 5) is 0. The summed E-state index contributed by atoms with van der Waals surface area (Å²) >= 11 is 3.35. The lowest BCUT2D eigenvalue weighted by molar-refractivity contribution is 0.476. The minimum atomic E-state index is -0.249. The normalized spacial score (nSPS) is 10.4. The fraction of sp³-hybridized carbons (Fsp3) is 0.143. The number of hydrogen-bond acceptors (Lipinski definition) is 2. The van der Waals surface area contributed by atoms with Crippen LogP contribution in [0.2, 0.25) is 0 Å². The van der Waals surface area contributed by atoms with Crippen molar-refractivity contribution >= 4 is 21.6 Å². The minimum Gasteiger partial charge on any atom is -0.506 e. The zero-order valence-corrected chi connectivity index (χ0v) is 11.5. The standard InChI is InChI=1S/C14H13BrFNO/c1-9-6-13(14(18)7-12(9)15)17-8-10-2-4-11(16)5-3-10/h2-7,17-18H,8H2,1H3. The molecule has 2 N–H and O–H groups in total. The Morgan fingerprint density at radius 1 is 1.22 bits per heavy atom. The molecule has 0 spiro atoms. The second kappa shape index (κ2) is 5.40. The monoisotopic (exact) mass is 309 g/mol. The van der Waals surface area contributed by atoms with Crippen molar-refractivity contribution in [3.63, 3.8) is 0 Å². The smallest absolute Gasteiger partial charge is 0.139 e. The van der Waals surface area contributed by atoms with Crippen LogP contribution in [0.1, 0.15) is 11.1 Å². The van der Waals surface area contributed by atoms with Crippen molar-refractivity contribution < 1.29 is 9.50 Å². The summed E-state index contributed by atoms with van der Waals surface area (Å²) in [7, 11) is 0. The van der Waals surface area contributed by atoms with Gasteiger partial charge >= 0.3 is 0 Å². The maximum absolute atomic E-state index is 12.7. The van der Waals surface area contributed by atoms with Gasteiger partial charge in [0.2, 0.25) is 0 Å². The van der Waals surface area contributed by atoms with Gasteiger partial charge < -0.3 is 10.4 Å². The molecule has 94 valence electrons. The largest absolute Gasteiger partial charge is 0.506 e. The van der Waals surface area contributed by atoms with E-state index in [0.29, 0.717) is 12.2 Å². The number of halogens is 2. The fourth-order valence-corrected chi connectivity index (χ4v) is 1.94. The van der Waals surface area contributed by atoms with Crippen LogP contribution >= 0.6 is 15.9 Å². The van der Waals surface area contributed by atoms with E-state index in [1.54, 1.807) is 18.2 Å². The van der Waals surface area contributed by atoms with E-state index in [2.05, 4.69) is 21.2 Å². The molecule has 0 amide bonds. The van der Waals surface area contributed by atoms with Gasteiger partial charge in [-0.25, -0.2) is 4.39 Å². The van der Waals surface area contributed by atoms with E-state index >= 15 is 0 Å². The highest BCUT2D eigenvalue weighted by atomic mass is 79.9. The molecule has 0 saturated heterocycles. The van der Waals surface area contributed by atoms with Gasteiger partial charge in [0.25, 0.3) is 0 Å². The highest BCUT2D eigenvalue weighted by molar-refractivity contribution is 9.10. The van der Waals surface area contributed by atoms with Gasteiger partial charge in [-0.05, 0) is 42.3 Å².